The van der Waals surface area contributed by atoms with Gasteiger partial charge in [-0.25, -0.2) is 17.8 Å². The number of sulfone groups is 1. The van der Waals surface area contributed by atoms with Crippen molar-refractivity contribution in [3.05, 3.63) is 42.2 Å². The molecule has 0 saturated carbocycles. The van der Waals surface area contributed by atoms with Crippen molar-refractivity contribution in [3.8, 4) is 0 Å². The lowest BCUT2D eigenvalue weighted by atomic mass is 10.3. The van der Waals surface area contributed by atoms with Gasteiger partial charge in [0.2, 0.25) is 0 Å². The molecule has 0 spiro atoms. The number of nitrogens with zero attached hydrogens (tertiary/aromatic N) is 1. The van der Waals surface area contributed by atoms with Gasteiger partial charge in [0.25, 0.3) is 0 Å². The van der Waals surface area contributed by atoms with Gasteiger partial charge >= 0.3 is 0 Å². The highest BCUT2D eigenvalue weighted by Crippen LogP contribution is 2.14. The fraction of sp³-hybridized carbons (Fsp3) is 0.308. The first-order valence-electron chi connectivity index (χ1n) is 5.98. The molecule has 0 bridgehead atoms. The molecule has 0 saturated heterocycles. The van der Waals surface area contributed by atoms with Crippen molar-refractivity contribution in [3.63, 3.8) is 0 Å². The monoisotopic (exact) mass is 299 g/mol. The van der Waals surface area contributed by atoms with E-state index in [9.17, 15) is 12.8 Å². The second kappa shape index (κ2) is 7.04. The molecule has 1 rings (SSSR count). The summed E-state index contributed by atoms with van der Waals surface area (Å²) in [5.41, 5.74) is 6.39. The summed E-state index contributed by atoms with van der Waals surface area (Å²) in [7, 11) is -3.68. The molecular formula is C13H18FN3O2S. The minimum absolute atomic E-state index is 0.0577. The topological polar surface area (TPSA) is 84.5 Å². The Morgan fingerprint density at radius 2 is 2.10 bits per heavy atom. The molecule has 0 unspecified atom stereocenters. The second-order valence-electron chi connectivity index (χ2n) is 4.33. The van der Waals surface area contributed by atoms with Crippen LogP contribution in [0, 0.1) is 5.82 Å². The third-order valence-electron chi connectivity index (χ3n) is 2.37. The van der Waals surface area contributed by atoms with E-state index in [1.807, 2.05) is 0 Å². The molecular weight excluding hydrogens is 281 g/mol. The molecule has 0 fully saturated rings. The Morgan fingerprint density at radius 3 is 2.70 bits per heavy atom. The minimum Gasteiger partial charge on any atom is -0.370 e. The zero-order chi connectivity index (χ0) is 15.2. The van der Waals surface area contributed by atoms with Gasteiger partial charge in [-0.15, -0.1) is 0 Å². The van der Waals surface area contributed by atoms with Crippen LogP contribution in [0.15, 0.2) is 46.3 Å². The van der Waals surface area contributed by atoms with Crippen LogP contribution >= 0.6 is 0 Å². The highest BCUT2D eigenvalue weighted by atomic mass is 32.2. The zero-order valence-corrected chi connectivity index (χ0v) is 12.1. The third kappa shape index (κ3) is 5.00. The van der Waals surface area contributed by atoms with Crippen LogP contribution in [-0.4, -0.2) is 33.2 Å². The van der Waals surface area contributed by atoms with Gasteiger partial charge in [0.15, 0.2) is 15.8 Å². The SMILES string of the molecule is C=C(C)CN=C(N)NCCS(=O)(=O)c1ccccc1F. The van der Waals surface area contributed by atoms with Gasteiger partial charge in [-0.2, -0.15) is 0 Å². The lowest BCUT2D eigenvalue weighted by Crippen LogP contribution is -2.35. The molecule has 0 atom stereocenters. The summed E-state index contributed by atoms with van der Waals surface area (Å²) in [6.07, 6.45) is 0. The standard InChI is InChI=1S/C13H18FN3O2S/c1-10(2)9-17-13(15)16-7-8-20(18,19)12-6-4-3-5-11(12)14/h3-6H,1,7-9H2,2H3,(H3,15,16,17). The molecule has 0 aromatic heterocycles. The van der Waals surface area contributed by atoms with Gasteiger partial charge in [-0.3, -0.25) is 0 Å². The summed E-state index contributed by atoms with van der Waals surface area (Å²) in [5.74, 6) is -0.884. The predicted octanol–water partition coefficient (Wildman–Crippen LogP) is 1.08. The summed E-state index contributed by atoms with van der Waals surface area (Å²) in [4.78, 5) is 3.64. The number of rotatable bonds is 6. The number of nitrogens with two attached hydrogens (primary N) is 1. The van der Waals surface area contributed by atoms with Crippen molar-refractivity contribution in [1.29, 1.82) is 0 Å². The van der Waals surface area contributed by atoms with E-state index in [0.29, 0.717) is 6.54 Å². The molecule has 1 aromatic rings. The molecule has 0 aliphatic heterocycles. The normalized spacial score (nSPS) is 12.2. The lowest BCUT2D eigenvalue weighted by molar-refractivity contribution is 0.566. The molecule has 0 aliphatic rings. The predicted molar refractivity (Wildman–Crippen MR) is 77.8 cm³/mol. The summed E-state index contributed by atoms with van der Waals surface area (Å²) in [5, 5.41) is 2.67. The van der Waals surface area contributed by atoms with Crippen molar-refractivity contribution in [2.75, 3.05) is 18.8 Å². The molecule has 110 valence electrons. The Hall–Kier alpha value is -1.89. The van der Waals surface area contributed by atoms with Crippen LogP contribution < -0.4 is 11.1 Å². The van der Waals surface area contributed by atoms with E-state index in [0.717, 1.165) is 11.6 Å². The molecule has 20 heavy (non-hydrogen) atoms. The molecule has 7 heteroatoms. The van der Waals surface area contributed by atoms with Crippen LogP contribution in [0.1, 0.15) is 6.92 Å². The minimum atomic E-state index is -3.68. The summed E-state index contributed by atoms with van der Waals surface area (Å²) >= 11 is 0. The Bertz CT molecular complexity index is 612. The first-order chi connectivity index (χ1) is 9.33. The average Bonchev–Trinajstić information content (AvgIpc) is 2.36. The van der Waals surface area contributed by atoms with E-state index in [-0.39, 0.29) is 23.2 Å². The first-order valence-corrected chi connectivity index (χ1v) is 7.63. The fourth-order valence-corrected chi connectivity index (χ4v) is 2.64. The van der Waals surface area contributed by atoms with Crippen molar-refractivity contribution in [2.45, 2.75) is 11.8 Å². The van der Waals surface area contributed by atoms with Gasteiger partial charge in [0, 0.05) is 6.54 Å². The molecule has 0 amide bonds. The number of hydrogen-bond donors (Lipinski definition) is 2. The first kappa shape index (κ1) is 16.2. The maximum Gasteiger partial charge on any atom is 0.188 e. The van der Waals surface area contributed by atoms with Crippen LogP contribution in [0.2, 0.25) is 0 Å². The number of aliphatic imine (C=N–C) groups is 1. The van der Waals surface area contributed by atoms with Gasteiger partial charge < -0.3 is 11.1 Å². The van der Waals surface area contributed by atoms with E-state index in [4.69, 9.17) is 5.73 Å². The maximum atomic E-state index is 13.4. The number of hydrogen-bond acceptors (Lipinski definition) is 3. The number of benzene rings is 1. The second-order valence-corrected chi connectivity index (χ2v) is 6.41. The Morgan fingerprint density at radius 1 is 1.45 bits per heavy atom. The van der Waals surface area contributed by atoms with Crippen LogP contribution in [0.3, 0.4) is 0 Å². The van der Waals surface area contributed by atoms with Crippen LogP contribution in [0.4, 0.5) is 4.39 Å². The van der Waals surface area contributed by atoms with Crippen LogP contribution in [0.5, 0.6) is 0 Å². The van der Waals surface area contributed by atoms with Crippen molar-refractivity contribution >= 4 is 15.8 Å². The fourth-order valence-electron chi connectivity index (χ4n) is 1.40. The molecule has 0 aliphatic carbocycles. The van der Waals surface area contributed by atoms with E-state index >= 15 is 0 Å². The van der Waals surface area contributed by atoms with E-state index in [2.05, 4.69) is 16.9 Å². The highest BCUT2D eigenvalue weighted by molar-refractivity contribution is 7.91. The number of nitrogens with one attached hydrogen (secondary N) is 1. The smallest absolute Gasteiger partial charge is 0.188 e. The third-order valence-corrected chi connectivity index (χ3v) is 4.11. The largest absolute Gasteiger partial charge is 0.370 e. The lowest BCUT2D eigenvalue weighted by Gasteiger charge is -2.07. The van der Waals surface area contributed by atoms with E-state index in [1.165, 1.54) is 18.2 Å². The Kier molecular flexibility index (Phi) is 5.69. The van der Waals surface area contributed by atoms with Crippen molar-refractivity contribution < 1.29 is 12.8 Å². The number of halogens is 1. The van der Waals surface area contributed by atoms with Gasteiger partial charge in [-0.1, -0.05) is 24.3 Å². The highest BCUT2D eigenvalue weighted by Gasteiger charge is 2.18. The summed E-state index contributed by atoms with van der Waals surface area (Å²) in [6, 6.07) is 5.27. The summed E-state index contributed by atoms with van der Waals surface area (Å²) in [6.45, 7) is 5.90. The van der Waals surface area contributed by atoms with E-state index < -0.39 is 15.7 Å². The Labute approximate surface area is 118 Å². The van der Waals surface area contributed by atoms with Gasteiger partial charge in [-0.05, 0) is 19.1 Å². The molecule has 0 radical (unpaired) electrons. The Balaban J connectivity index is 2.59. The van der Waals surface area contributed by atoms with Gasteiger partial charge in [0.1, 0.15) is 10.7 Å². The average molecular weight is 299 g/mol. The number of guanidine groups is 1. The van der Waals surface area contributed by atoms with Crippen LogP contribution in [-0.2, 0) is 9.84 Å². The van der Waals surface area contributed by atoms with E-state index in [1.54, 1.807) is 6.92 Å². The zero-order valence-electron chi connectivity index (χ0n) is 11.3. The quantitative estimate of drug-likeness (QED) is 0.468. The van der Waals surface area contributed by atoms with Crippen molar-refractivity contribution in [2.24, 2.45) is 10.7 Å². The van der Waals surface area contributed by atoms with Crippen molar-refractivity contribution in [1.82, 2.24) is 5.32 Å². The summed E-state index contributed by atoms with van der Waals surface area (Å²) < 4.78 is 37.3. The van der Waals surface area contributed by atoms with Gasteiger partial charge in [0.05, 0.1) is 12.3 Å². The molecule has 3 N–H and O–H groups in total. The molecule has 5 nitrogen and oxygen atoms in total. The van der Waals surface area contributed by atoms with Crippen LogP contribution in [0.25, 0.3) is 0 Å². The molecule has 0 heterocycles. The maximum absolute atomic E-state index is 13.4. The molecule has 1 aromatic carbocycles.